The molecule has 2 unspecified atom stereocenters. The first-order valence-electron chi connectivity index (χ1n) is 5.43. The predicted octanol–water partition coefficient (Wildman–Crippen LogP) is 2.57. The standard InChI is InChI=1S/C12H14F2O2/c13-8-4-5-10(14)9(7-8)12(15)11-3-1-2-6-16-11/h4-5,7,11-12,15H,1-3,6H2. The minimum atomic E-state index is -1.09. The zero-order valence-corrected chi connectivity index (χ0v) is 8.83. The first-order chi connectivity index (χ1) is 7.68. The van der Waals surface area contributed by atoms with Gasteiger partial charge in [-0.1, -0.05) is 0 Å². The van der Waals surface area contributed by atoms with Crippen LogP contribution in [0.25, 0.3) is 0 Å². The lowest BCUT2D eigenvalue weighted by Gasteiger charge is -2.27. The summed E-state index contributed by atoms with van der Waals surface area (Å²) in [5.74, 6) is -1.14. The normalized spacial score (nSPS) is 23.1. The molecule has 4 heteroatoms. The largest absolute Gasteiger partial charge is 0.386 e. The third kappa shape index (κ3) is 2.39. The topological polar surface area (TPSA) is 29.5 Å². The zero-order chi connectivity index (χ0) is 11.5. The lowest BCUT2D eigenvalue weighted by atomic mass is 9.98. The molecule has 0 saturated carbocycles. The Hall–Kier alpha value is -1.00. The number of rotatable bonds is 2. The van der Waals surface area contributed by atoms with Gasteiger partial charge >= 0.3 is 0 Å². The molecule has 1 aliphatic rings. The van der Waals surface area contributed by atoms with Gasteiger partial charge in [-0.2, -0.15) is 0 Å². The van der Waals surface area contributed by atoms with Crippen LogP contribution in [0.2, 0.25) is 0 Å². The molecule has 2 rings (SSSR count). The van der Waals surface area contributed by atoms with E-state index in [1.54, 1.807) is 0 Å². The average Bonchev–Trinajstić information content (AvgIpc) is 2.32. The second kappa shape index (κ2) is 4.89. The molecule has 0 bridgehead atoms. The number of benzene rings is 1. The van der Waals surface area contributed by atoms with Crippen LogP contribution in [0.15, 0.2) is 18.2 Å². The summed E-state index contributed by atoms with van der Waals surface area (Å²) in [7, 11) is 0. The van der Waals surface area contributed by atoms with E-state index in [4.69, 9.17) is 4.74 Å². The summed E-state index contributed by atoms with van der Waals surface area (Å²) < 4.78 is 31.7. The molecule has 0 aliphatic carbocycles. The number of ether oxygens (including phenoxy) is 1. The van der Waals surface area contributed by atoms with Crippen LogP contribution in [-0.2, 0) is 4.74 Å². The lowest BCUT2D eigenvalue weighted by molar-refractivity contribution is -0.0645. The molecule has 0 spiro atoms. The highest BCUT2D eigenvalue weighted by molar-refractivity contribution is 5.22. The molecular formula is C12H14F2O2. The maximum atomic E-state index is 13.4. The van der Waals surface area contributed by atoms with Crippen molar-refractivity contribution in [3.8, 4) is 0 Å². The first-order valence-corrected chi connectivity index (χ1v) is 5.43. The van der Waals surface area contributed by atoms with Gasteiger partial charge in [0.25, 0.3) is 0 Å². The molecule has 1 aliphatic heterocycles. The molecule has 1 heterocycles. The van der Waals surface area contributed by atoms with Gasteiger partial charge in [-0.15, -0.1) is 0 Å². The molecule has 0 amide bonds. The summed E-state index contributed by atoms with van der Waals surface area (Å²) in [6, 6.07) is 3.09. The van der Waals surface area contributed by atoms with Crippen molar-refractivity contribution in [3.63, 3.8) is 0 Å². The summed E-state index contributed by atoms with van der Waals surface area (Å²) >= 11 is 0. The fourth-order valence-corrected chi connectivity index (χ4v) is 1.96. The van der Waals surface area contributed by atoms with Crippen LogP contribution in [0.3, 0.4) is 0 Å². The molecule has 1 aromatic carbocycles. The summed E-state index contributed by atoms with van der Waals surface area (Å²) in [5.41, 5.74) is -0.0214. The highest BCUT2D eigenvalue weighted by Gasteiger charge is 2.26. The van der Waals surface area contributed by atoms with E-state index in [9.17, 15) is 13.9 Å². The fourth-order valence-electron chi connectivity index (χ4n) is 1.96. The third-order valence-corrected chi connectivity index (χ3v) is 2.84. The van der Waals surface area contributed by atoms with Gasteiger partial charge in [0.2, 0.25) is 0 Å². The maximum Gasteiger partial charge on any atom is 0.129 e. The van der Waals surface area contributed by atoms with Gasteiger partial charge in [-0.25, -0.2) is 8.78 Å². The van der Waals surface area contributed by atoms with E-state index < -0.39 is 23.8 Å². The van der Waals surface area contributed by atoms with Crippen molar-refractivity contribution in [2.45, 2.75) is 31.5 Å². The Labute approximate surface area is 92.9 Å². The Morgan fingerprint density at radius 1 is 1.31 bits per heavy atom. The molecule has 2 nitrogen and oxygen atoms in total. The van der Waals surface area contributed by atoms with Crippen molar-refractivity contribution in [3.05, 3.63) is 35.4 Å². The van der Waals surface area contributed by atoms with E-state index in [1.165, 1.54) is 0 Å². The van der Waals surface area contributed by atoms with Gasteiger partial charge in [-0.05, 0) is 37.5 Å². The Balaban J connectivity index is 2.18. The first kappa shape index (κ1) is 11.5. The molecule has 0 radical (unpaired) electrons. The number of hydrogen-bond acceptors (Lipinski definition) is 2. The van der Waals surface area contributed by atoms with Crippen LogP contribution >= 0.6 is 0 Å². The molecule has 16 heavy (non-hydrogen) atoms. The van der Waals surface area contributed by atoms with Crippen molar-refractivity contribution >= 4 is 0 Å². The van der Waals surface area contributed by atoms with E-state index in [-0.39, 0.29) is 5.56 Å². The van der Waals surface area contributed by atoms with Crippen LogP contribution in [-0.4, -0.2) is 17.8 Å². The summed E-state index contributed by atoms with van der Waals surface area (Å²) in [6.07, 6.45) is 1.06. The minimum absolute atomic E-state index is 0.0214. The monoisotopic (exact) mass is 228 g/mol. The van der Waals surface area contributed by atoms with Crippen molar-refractivity contribution in [1.29, 1.82) is 0 Å². The summed E-state index contributed by atoms with van der Waals surface area (Å²) in [5, 5.41) is 9.92. The molecule has 1 N–H and O–H groups in total. The maximum absolute atomic E-state index is 13.4. The molecule has 1 saturated heterocycles. The van der Waals surface area contributed by atoms with Crippen LogP contribution in [0, 0.1) is 11.6 Å². The second-order valence-electron chi connectivity index (χ2n) is 4.02. The Morgan fingerprint density at radius 2 is 2.12 bits per heavy atom. The minimum Gasteiger partial charge on any atom is -0.386 e. The Bertz CT molecular complexity index is 362. The van der Waals surface area contributed by atoms with Crippen LogP contribution in [0.1, 0.15) is 30.9 Å². The molecule has 1 fully saturated rings. The van der Waals surface area contributed by atoms with Gasteiger partial charge in [-0.3, -0.25) is 0 Å². The number of hydrogen-bond donors (Lipinski definition) is 1. The molecule has 88 valence electrons. The van der Waals surface area contributed by atoms with Crippen molar-refractivity contribution in [1.82, 2.24) is 0 Å². The van der Waals surface area contributed by atoms with Crippen LogP contribution in [0.4, 0.5) is 8.78 Å². The lowest BCUT2D eigenvalue weighted by Crippen LogP contribution is -2.27. The summed E-state index contributed by atoms with van der Waals surface area (Å²) in [6.45, 7) is 0.568. The van der Waals surface area contributed by atoms with Crippen molar-refractivity contribution in [2.24, 2.45) is 0 Å². The van der Waals surface area contributed by atoms with Gasteiger partial charge in [0.15, 0.2) is 0 Å². The number of aliphatic hydroxyl groups excluding tert-OH is 1. The highest BCUT2D eigenvalue weighted by atomic mass is 19.1. The van der Waals surface area contributed by atoms with E-state index in [2.05, 4.69) is 0 Å². The molecule has 2 atom stereocenters. The second-order valence-corrected chi connectivity index (χ2v) is 4.02. The Morgan fingerprint density at radius 3 is 2.81 bits per heavy atom. The van der Waals surface area contributed by atoms with E-state index >= 15 is 0 Å². The van der Waals surface area contributed by atoms with Crippen LogP contribution < -0.4 is 0 Å². The number of halogens is 2. The Kier molecular flexibility index (Phi) is 3.51. The SMILES string of the molecule is OC(c1cc(F)ccc1F)C1CCCCO1. The zero-order valence-electron chi connectivity index (χ0n) is 8.83. The highest BCUT2D eigenvalue weighted by Crippen LogP contribution is 2.28. The third-order valence-electron chi connectivity index (χ3n) is 2.84. The molecule has 0 aromatic heterocycles. The van der Waals surface area contributed by atoms with Gasteiger partial charge in [0.05, 0.1) is 6.10 Å². The summed E-state index contributed by atoms with van der Waals surface area (Å²) in [4.78, 5) is 0. The van der Waals surface area contributed by atoms with E-state index in [0.717, 1.165) is 31.0 Å². The van der Waals surface area contributed by atoms with Crippen LogP contribution in [0.5, 0.6) is 0 Å². The quantitative estimate of drug-likeness (QED) is 0.843. The van der Waals surface area contributed by atoms with Gasteiger partial charge in [0, 0.05) is 12.2 Å². The molecule has 1 aromatic rings. The fraction of sp³-hybridized carbons (Fsp3) is 0.500. The molecular weight excluding hydrogens is 214 g/mol. The average molecular weight is 228 g/mol. The van der Waals surface area contributed by atoms with Gasteiger partial charge in [0.1, 0.15) is 17.7 Å². The predicted molar refractivity (Wildman–Crippen MR) is 54.9 cm³/mol. The van der Waals surface area contributed by atoms with Crippen molar-refractivity contribution < 1.29 is 18.6 Å². The number of aliphatic hydroxyl groups is 1. The van der Waals surface area contributed by atoms with E-state index in [1.807, 2.05) is 0 Å². The van der Waals surface area contributed by atoms with Gasteiger partial charge < -0.3 is 9.84 Å². The van der Waals surface area contributed by atoms with Crippen molar-refractivity contribution in [2.75, 3.05) is 6.61 Å². The smallest absolute Gasteiger partial charge is 0.129 e. The van der Waals surface area contributed by atoms with E-state index in [0.29, 0.717) is 13.0 Å².